The highest BCUT2D eigenvalue weighted by Gasteiger charge is 2.34. The fourth-order valence-electron chi connectivity index (χ4n) is 5.35. The fraction of sp³-hybridized carbons (Fsp3) is 0.724. The summed E-state index contributed by atoms with van der Waals surface area (Å²) in [5.74, 6) is 1.53. The van der Waals surface area contributed by atoms with E-state index in [0.717, 1.165) is 56.7 Å². The Balaban J connectivity index is 1.66. The summed E-state index contributed by atoms with van der Waals surface area (Å²) in [6.07, 6.45) is 3.50. The number of amides is 2. The minimum absolute atomic E-state index is 0.0221. The molecule has 2 amide bonds. The molecule has 0 radical (unpaired) electrons. The largest absolute Gasteiger partial charge is 0.493 e. The third kappa shape index (κ3) is 8.16. The molecule has 1 unspecified atom stereocenters. The van der Waals surface area contributed by atoms with Gasteiger partial charge in [0.05, 0.1) is 19.1 Å². The first-order valence-corrected chi connectivity index (χ1v) is 13.9. The van der Waals surface area contributed by atoms with Crippen molar-refractivity contribution >= 4 is 11.8 Å². The van der Waals surface area contributed by atoms with Gasteiger partial charge in [-0.05, 0) is 62.6 Å². The molecule has 2 fully saturated rings. The normalized spacial score (nSPS) is 21.7. The van der Waals surface area contributed by atoms with Crippen LogP contribution in [0.1, 0.15) is 56.0 Å². The minimum Gasteiger partial charge on any atom is -0.493 e. The zero-order valence-corrected chi connectivity index (χ0v) is 23.5. The van der Waals surface area contributed by atoms with Crippen LogP contribution in [0.2, 0.25) is 0 Å². The Morgan fingerprint density at radius 2 is 1.92 bits per heavy atom. The highest BCUT2D eigenvalue weighted by Crippen LogP contribution is 2.26. The minimum atomic E-state index is -0.0303. The van der Waals surface area contributed by atoms with E-state index in [-0.39, 0.29) is 29.7 Å². The van der Waals surface area contributed by atoms with Crippen LogP contribution in [0.3, 0.4) is 0 Å². The van der Waals surface area contributed by atoms with Crippen molar-refractivity contribution in [1.82, 2.24) is 15.1 Å². The third-order valence-electron chi connectivity index (χ3n) is 7.63. The number of carbonyl (C=O) groups excluding carboxylic acids is 2. The summed E-state index contributed by atoms with van der Waals surface area (Å²) in [6.45, 7) is 11.8. The average molecular weight is 518 g/mol. The topological polar surface area (TPSA) is 80.3 Å². The van der Waals surface area contributed by atoms with Crippen molar-refractivity contribution in [3.8, 4) is 5.75 Å². The van der Waals surface area contributed by atoms with Gasteiger partial charge >= 0.3 is 0 Å². The Morgan fingerprint density at radius 3 is 2.57 bits per heavy atom. The molecule has 0 aliphatic carbocycles. The maximum Gasteiger partial charge on any atom is 0.254 e. The van der Waals surface area contributed by atoms with Gasteiger partial charge in [-0.2, -0.15) is 0 Å². The second-order valence-corrected chi connectivity index (χ2v) is 10.7. The molecule has 3 atom stereocenters. The van der Waals surface area contributed by atoms with Crippen LogP contribution < -0.4 is 10.1 Å². The van der Waals surface area contributed by atoms with E-state index in [9.17, 15) is 9.59 Å². The van der Waals surface area contributed by atoms with E-state index >= 15 is 0 Å². The molecule has 208 valence electrons. The second-order valence-electron chi connectivity index (χ2n) is 10.7. The van der Waals surface area contributed by atoms with Crippen molar-refractivity contribution in [3.05, 3.63) is 29.3 Å². The van der Waals surface area contributed by atoms with E-state index in [1.807, 2.05) is 35.0 Å². The first-order chi connectivity index (χ1) is 17.8. The molecule has 8 nitrogen and oxygen atoms in total. The lowest BCUT2D eigenvalue weighted by atomic mass is 9.93. The standard InChI is InChI=1S/C29H47N3O5/c1-6-22-10-11-23(15-27(22)37-14-8-12-35-5)29(34)32(21(2)3)19-26-17-30-16-25(26)18-31(4)28(33)24-9-7-13-36-20-24/h10-11,15,21,24-26,30H,6-9,12-14,16-20H2,1-5H3/t24?,25-,26-/m0/s1. The van der Waals surface area contributed by atoms with E-state index in [1.165, 1.54) is 0 Å². The van der Waals surface area contributed by atoms with Crippen molar-refractivity contribution in [2.24, 2.45) is 17.8 Å². The van der Waals surface area contributed by atoms with Crippen LogP contribution in [0.5, 0.6) is 5.75 Å². The highest BCUT2D eigenvalue weighted by atomic mass is 16.5. The quantitative estimate of drug-likeness (QED) is 0.405. The van der Waals surface area contributed by atoms with Crippen LogP contribution in [0.15, 0.2) is 18.2 Å². The SMILES string of the molecule is CCc1ccc(C(=O)N(C[C@@H]2CNC[C@H]2CN(C)C(=O)C2CCCOC2)C(C)C)cc1OCCCOC. The lowest BCUT2D eigenvalue weighted by Crippen LogP contribution is -2.45. The molecule has 1 aromatic carbocycles. The summed E-state index contributed by atoms with van der Waals surface area (Å²) in [6, 6.07) is 5.88. The number of ether oxygens (including phenoxy) is 3. The van der Waals surface area contributed by atoms with Crippen LogP contribution in [0.4, 0.5) is 0 Å². The average Bonchev–Trinajstić information content (AvgIpc) is 3.35. The number of hydrogen-bond donors (Lipinski definition) is 1. The van der Waals surface area contributed by atoms with E-state index in [2.05, 4.69) is 26.1 Å². The van der Waals surface area contributed by atoms with Crippen LogP contribution in [0, 0.1) is 17.8 Å². The Morgan fingerprint density at radius 1 is 1.16 bits per heavy atom. The first-order valence-electron chi connectivity index (χ1n) is 13.9. The summed E-state index contributed by atoms with van der Waals surface area (Å²) in [5.41, 5.74) is 1.75. The molecule has 1 aromatic rings. The predicted octanol–water partition coefficient (Wildman–Crippen LogP) is 3.24. The highest BCUT2D eigenvalue weighted by molar-refractivity contribution is 5.95. The van der Waals surface area contributed by atoms with Crippen LogP contribution in [0.25, 0.3) is 0 Å². The van der Waals surface area contributed by atoms with E-state index in [4.69, 9.17) is 14.2 Å². The Bertz CT molecular complexity index is 871. The molecule has 2 aliphatic rings. The molecule has 1 N–H and O–H groups in total. The molecule has 0 aromatic heterocycles. The molecule has 3 rings (SSSR count). The van der Waals surface area contributed by atoms with Gasteiger partial charge in [-0.3, -0.25) is 9.59 Å². The van der Waals surface area contributed by atoms with Gasteiger partial charge in [0, 0.05) is 71.6 Å². The van der Waals surface area contributed by atoms with E-state index in [1.54, 1.807) is 7.11 Å². The van der Waals surface area contributed by atoms with Crippen LogP contribution in [-0.2, 0) is 20.7 Å². The van der Waals surface area contributed by atoms with Crippen molar-refractivity contribution in [1.29, 1.82) is 0 Å². The number of nitrogens with one attached hydrogen (secondary N) is 1. The lowest BCUT2D eigenvalue weighted by Gasteiger charge is -2.34. The lowest BCUT2D eigenvalue weighted by molar-refractivity contribution is -0.139. The summed E-state index contributed by atoms with van der Waals surface area (Å²) < 4.78 is 16.7. The molecule has 2 saturated heterocycles. The van der Waals surface area contributed by atoms with E-state index in [0.29, 0.717) is 44.4 Å². The van der Waals surface area contributed by atoms with Gasteiger partial charge < -0.3 is 29.3 Å². The van der Waals surface area contributed by atoms with Gasteiger partial charge in [-0.25, -0.2) is 0 Å². The number of nitrogens with zero attached hydrogens (tertiary/aromatic N) is 2. The summed E-state index contributed by atoms with van der Waals surface area (Å²) in [7, 11) is 3.59. The molecule has 8 heteroatoms. The van der Waals surface area contributed by atoms with Gasteiger partial charge in [0.2, 0.25) is 5.91 Å². The van der Waals surface area contributed by atoms with Crippen molar-refractivity contribution in [2.75, 3.05) is 66.8 Å². The molecule has 0 spiro atoms. The van der Waals surface area contributed by atoms with Gasteiger partial charge in [-0.1, -0.05) is 13.0 Å². The Hall–Kier alpha value is -2.16. The van der Waals surface area contributed by atoms with Crippen LogP contribution in [-0.4, -0.2) is 94.4 Å². The van der Waals surface area contributed by atoms with Crippen molar-refractivity contribution in [2.45, 2.75) is 52.5 Å². The maximum absolute atomic E-state index is 13.7. The molecular weight excluding hydrogens is 470 g/mol. The van der Waals surface area contributed by atoms with Crippen molar-refractivity contribution in [3.63, 3.8) is 0 Å². The molecule has 37 heavy (non-hydrogen) atoms. The zero-order chi connectivity index (χ0) is 26.8. The number of rotatable bonds is 13. The second kappa shape index (κ2) is 14.7. The number of methoxy groups -OCH3 is 1. The van der Waals surface area contributed by atoms with Gasteiger partial charge in [0.25, 0.3) is 5.91 Å². The van der Waals surface area contributed by atoms with Gasteiger partial charge in [-0.15, -0.1) is 0 Å². The molecule has 0 saturated carbocycles. The Labute approximate surface area is 223 Å². The molecule has 2 heterocycles. The maximum atomic E-state index is 13.7. The smallest absolute Gasteiger partial charge is 0.254 e. The van der Waals surface area contributed by atoms with Gasteiger partial charge in [0.15, 0.2) is 0 Å². The van der Waals surface area contributed by atoms with Gasteiger partial charge in [0.1, 0.15) is 5.75 Å². The number of aryl methyl sites for hydroxylation is 1. The zero-order valence-electron chi connectivity index (χ0n) is 23.5. The third-order valence-corrected chi connectivity index (χ3v) is 7.63. The first kappa shape index (κ1) is 29.4. The summed E-state index contributed by atoms with van der Waals surface area (Å²) >= 11 is 0. The van der Waals surface area contributed by atoms with Crippen LogP contribution >= 0.6 is 0 Å². The van der Waals surface area contributed by atoms with Crippen molar-refractivity contribution < 1.29 is 23.8 Å². The molecular formula is C29H47N3O5. The number of benzene rings is 1. The van der Waals surface area contributed by atoms with E-state index < -0.39 is 0 Å². The number of hydrogen-bond acceptors (Lipinski definition) is 6. The Kier molecular flexibility index (Phi) is 11.7. The number of carbonyl (C=O) groups is 2. The molecule has 2 aliphatic heterocycles. The predicted molar refractivity (Wildman–Crippen MR) is 145 cm³/mol. The summed E-state index contributed by atoms with van der Waals surface area (Å²) in [4.78, 5) is 30.5. The fourth-order valence-corrected chi connectivity index (χ4v) is 5.35. The summed E-state index contributed by atoms with van der Waals surface area (Å²) in [5, 5.41) is 3.50. The molecule has 0 bridgehead atoms. The monoisotopic (exact) mass is 517 g/mol.